The summed E-state index contributed by atoms with van der Waals surface area (Å²) in [7, 11) is 1.45. The van der Waals surface area contributed by atoms with Gasteiger partial charge in [0, 0.05) is 6.42 Å². The molecule has 1 aliphatic carbocycles. The summed E-state index contributed by atoms with van der Waals surface area (Å²) in [5, 5.41) is 0. The molecule has 2 nitrogen and oxygen atoms in total. The van der Waals surface area contributed by atoms with E-state index in [1.165, 1.54) is 32.8 Å². The number of unbranched alkanes of at least 4 members (excludes halogenated alkanes) is 2. The normalized spacial score (nSPS) is 16.1. The highest BCUT2D eigenvalue weighted by Gasteiger charge is 2.20. The Morgan fingerprint density at radius 1 is 1.50 bits per heavy atom. The summed E-state index contributed by atoms with van der Waals surface area (Å²) in [5.74, 6) is 0.830. The molecule has 0 heterocycles. The minimum absolute atomic E-state index is 0.0759. The second-order valence-corrected chi connectivity index (χ2v) is 3.41. The highest BCUT2D eigenvalue weighted by molar-refractivity contribution is 5.68. The third-order valence-corrected chi connectivity index (χ3v) is 2.25. The second kappa shape index (κ2) is 5.18. The Balaban J connectivity index is 1.78. The minimum Gasteiger partial charge on any atom is -0.469 e. The molecule has 0 bridgehead atoms. The number of methoxy groups -OCH3 is 1. The van der Waals surface area contributed by atoms with Gasteiger partial charge in [0.25, 0.3) is 0 Å². The second-order valence-electron chi connectivity index (χ2n) is 3.41. The zero-order valence-electron chi connectivity index (χ0n) is 7.71. The van der Waals surface area contributed by atoms with E-state index in [0.717, 1.165) is 12.3 Å². The van der Waals surface area contributed by atoms with Gasteiger partial charge in [0.15, 0.2) is 0 Å². The maximum atomic E-state index is 10.7. The molecule has 1 unspecified atom stereocenters. The molecule has 0 N–H and O–H groups in total. The van der Waals surface area contributed by atoms with E-state index in [4.69, 9.17) is 0 Å². The SMILES string of the molecule is COC(=O)CCCCCC1[CH]C1. The molecular formula is C10H17O2. The fourth-order valence-electron chi connectivity index (χ4n) is 1.29. The van der Waals surface area contributed by atoms with Crippen molar-refractivity contribution < 1.29 is 9.53 Å². The van der Waals surface area contributed by atoms with E-state index in [0.29, 0.717) is 6.42 Å². The number of carbonyl (C=O) groups excluding carboxylic acids is 1. The van der Waals surface area contributed by atoms with Gasteiger partial charge in [-0.3, -0.25) is 4.79 Å². The molecule has 69 valence electrons. The molecule has 1 radical (unpaired) electrons. The van der Waals surface area contributed by atoms with Crippen molar-refractivity contribution in [2.75, 3.05) is 7.11 Å². The Kier molecular flexibility index (Phi) is 4.12. The number of rotatable bonds is 6. The first-order valence-corrected chi connectivity index (χ1v) is 4.73. The van der Waals surface area contributed by atoms with Gasteiger partial charge in [-0.15, -0.1) is 0 Å². The van der Waals surface area contributed by atoms with Crippen molar-refractivity contribution >= 4 is 5.97 Å². The molecule has 0 aromatic rings. The zero-order valence-corrected chi connectivity index (χ0v) is 7.71. The van der Waals surface area contributed by atoms with Crippen LogP contribution in [0.25, 0.3) is 0 Å². The Labute approximate surface area is 74.3 Å². The van der Waals surface area contributed by atoms with Crippen LogP contribution in [0.4, 0.5) is 0 Å². The van der Waals surface area contributed by atoms with Crippen LogP contribution in [0.2, 0.25) is 0 Å². The van der Waals surface area contributed by atoms with Crippen LogP contribution in [0.15, 0.2) is 0 Å². The van der Waals surface area contributed by atoms with Crippen LogP contribution in [0.3, 0.4) is 0 Å². The molecule has 2 heteroatoms. The van der Waals surface area contributed by atoms with E-state index >= 15 is 0 Å². The Morgan fingerprint density at radius 2 is 2.25 bits per heavy atom. The van der Waals surface area contributed by atoms with Crippen LogP contribution in [0, 0.1) is 12.3 Å². The Morgan fingerprint density at radius 3 is 2.83 bits per heavy atom. The molecule has 0 aliphatic heterocycles. The van der Waals surface area contributed by atoms with Gasteiger partial charge in [0.1, 0.15) is 0 Å². The van der Waals surface area contributed by atoms with Crippen molar-refractivity contribution in [1.82, 2.24) is 0 Å². The average molecular weight is 169 g/mol. The van der Waals surface area contributed by atoms with Crippen molar-refractivity contribution in [3.8, 4) is 0 Å². The van der Waals surface area contributed by atoms with Gasteiger partial charge in [-0.2, -0.15) is 0 Å². The summed E-state index contributed by atoms with van der Waals surface area (Å²) in [6.45, 7) is 0. The van der Waals surface area contributed by atoms with Crippen LogP contribution >= 0.6 is 0 Å². The van der Waals surface area contributed by atoms with Gasteiger partial charge in [-0.1, -0.05) is 19.3 Å². The van der Waals surface area contributed by atoms with E-state index in [9.17, 15) is 4.79 Å². The van der Waals surface area contributed by atoms with E-state index in [2.05, 4.69) is 11.2 Å². The summed E-state index contributed by atoms with van der Waals surface area (Å²) < 4.78 is 4.55. The quantitative estimate of drug-likeness (QED) is 0.450. The average Bonchev–Trinajstić information content (AvgIpc) is 2.87. The molecule has 1 rings (SSSR count). The van der Waals surface area contributed by atoms with Crippen molar-refractivity contribution in [3.05, 3.63) is 6.42 Å². The van der Waals surface area contributed by atoms with Crippen molar-refractivity contribution in [2.45, 2.75) is 38.5 Å². The predicted molar refractivity (Wildman–Crippen MR) is 47.5 cm³/mol. The molecule has 1 fully saturated rings. The highest BCUT2D eigenvalue weighted by atomic mass is 16.5. The first-order valence-electron chi connectivity index (χ1n) is 4.73. The lowest BCUT2D eigenvalue weighted by Crippen LogP contribution is -1.99. The van der Waals surface area contributed by atoms with Gasteiger partial charge >= 0.3 is 5.97 Å². The first-order chi connectivity index (χ1) is 5.83. The third kappa shape index (κ3) is 4.37. The lowest BCUT2D eigenvalue weighted by molar-refractivity contribution is -0.140. The monoisotopic (exact) mass is 169 g/mol. The van der Waals surface area contributed by atoms with Crippen molar-refractivity contribution in [2.24, 2.45) is 5.92 Å². The topological polar surface area (TPSA) is 26.3 Å². The van der Waals surface area contributed by atoms with Gasteiger partial charge < -0.3 is 4.74 Å². The smallest absolute Gasteiger partial charge is 0.305 e. The van der Waals surface area contributed by atoms with Gasteiger partial charge in [-0.25, -0.2) is 0 Å². The van der Waals surface area contributed by atoms with Gasteiger partial charge in [0.2, 0.25) is 0 Å². The molecule has 0 aromatic carbocycles. The van der Waals surface area contributed by atoms with Crippen LogP contribution in [0.5, 0.6) is 0 Å². The number of hydrogen-bond acceptors (Lipinski definition) is 2. The Bertz CT molecular complexity index is 139. The molecular weight excluding hydrogens is 152 g/mol. The van der Waals surface area contributed by atoms with Crippen LogP contribution in [-0.4, -0.2) is 13.1 Å². The molecule has 0 spiro atoms. The maximum absolute atomic E-state index is 10.7. The van der Waals surface area contributed by atoms with E-state index in [1.807, 2.05) is 0 Å². The molecule has 1 atom stereocenters. The van der Waals surface area contributed by atoms with Crippen LogP contribution in [-0.2, 0) is 9.53 Å². The van der Waals surface area contributed by atoms with E-state index in [1.54, 1.807) is 0 Å². The summed E-state index contributed by atoms with van der Waals surface area (Å²) >= 11 is 0. The fraction of sp³-hybridized carbons (Fsp3) is 0.800. The van der Waals surface area contributed by atoms with Crippen molar-refractivity contribution in [1.29, 1.82) is 0 Å². The molecule has 12 heavy (non-hydrogen) atoms. The van der Waals surface area contributed by atoms with E-state index in [-0.39, 0.29) is 5.97 Å². The summed E-state index contributed by atoms with van der Waals surface area (Å²) in [4.78, 5) is 10.7. The lowest BCUT2D eigenvalue weighted by atomic mass is 10.1. The van der Waals surface area contributed by atoms with Crippen LogP contribution < -0.4 is 0 Å². The number of esters is 1. The van der Waals surface area contributed by atoms with Gasteiger partial charge in [0.05, 0.1) is 7.11 Å². The molecule has 0 amide bonds. The summed E-state index contributed by atoms with van der Waals surface area (Å²) in [6, 6.07) is 0. The maximum Gasteiger partial charge on any atom is 0.305 e. The largest absolute Gasteiger partial charge is 0.469 e. The molecule has 1 aliphatic rings. The third-order valence-electron chi connectivity index (χ3n) is 2.25. The van der Waals surface area contributed by atoms with Gasteiger partial charge in [-0.05, 0) is 25.2 Å². The molecule has 0 saturated heterocycles. The fourth-order valence-corrected chi connectivity index (χ4v) is 1.29. The predicted octanol–water partition coefficient (Wildman–Crippen LogP) is 2.33. The standard InChI is InChI=1S/C10H17O2/c1-12-10(11)6-4-2-3-5-9-7-8-9/h7,9H,2-6,8H2,1H3. The summed E-state index contributed by atoms with van der Waals surface area (Å²) in [6.07, 6.45) is 8.99. The first kappa shape index (κ1) is 9.56. The molecule has 1 saturated carbocycles. The minimum atomic E-state index is -0.0759. The van der Waals surface area contributed by atoms with E-state index < -0.39 is 0 Å². The number of ether oxygens (including phenoxy) is 1. The highest BCUT2D eigenvalue weighted by Crippen LogP contribution is 2.32. The summed E-state index contributed by atoms with van der Waals surface area (Å²) in [5.41, 5.74) is 0. The molecule has 0 aromatic heterocycles. The zero-order chi connectivity index (χ0) is 8.81. The Hall–Kier alpha value is -0.530. The lowest BCUT2D eigenvalue weighted by Gasteiger charge is -1.99. The van der Waals surface area contributed by atoms with Crippen LogP contribution in [0.1, 0.15) is 38.5 Å². The number of hydrogen-bond donors (Lipinski definition) is 0. The number of carbonyl (C=O) groups is 1. The van der Waals surface area contributed by atoms with Crippen molar-refractivity contribution in [3.63, 3.8) is 0 Å².